The predicted molar refractivity (Wildman–Crippen MR) is 92.3 cm³/mol. The van der Waals surface area contributed by atoms with E-state index >= 15 is 0 Å². The average molecular weight is 289 g/mol. The number of benzene rings is 3. The Hall–Kier alpha value is -2.35. The third-order valence-electron chi connectivity index (χ3n) is 4.66. The van der Waals surface area contributed by atoms with E-state index in [9.17, 15) is 4.79 Å². The first kappa shape index (κ1) is 13.3. The molecule has 2 nitrogen and oxygen atoms in total. The Balaban J connectivity index is 1.83. The Morgan fingerprint density at radius 2 is 1.36 bits per heavy atom. The highest BCUT2D eigenvalue weighted by molar-refractivity contribution is 6.11. The summed E-state index contributed by atoms with van der Waals surface area (Å²) in [6, 6.07) is 19.7. The fraction of sp³-hybridized carbons (Fsp3) is 0.250. The standard InChI is InChI=1S/C20H19NO/c22-17-11-9-16(10-12-17)21-20-18-7-3-1-5-14(18)13-15-6-2-4-8-19(15)20/h1-8,13,16,21H,9-12H2. The van der Waals surface area contributed by atoms with Gasteiger partial charge in [-0.25, -0.2) is 0 Å². The lowest BCUT2D eigenvalue weighted by molar-refractivity contribution is -0.120. The molecule has 0 heterocycles. The van der Waals surface area contributed by atoms with Crippen LogP contribution >= 0.6 is 0 Å². The lowest BCUT2D eigenvalue weighted by atomic mass is 9.93. The first-order valence-corrected chi connectivity index (χ1v) is 8.00. The molecule has 0 bridgehead atoms. The summed E-state index contributed by atoms with van der Waals surface area (Å²) in [5.74, 6) is 0.404. The number of hydrogen-bond donors (Lipinski definition) is 1. The molecule has 3 aromatic rings. The molecule has 0 aliphatic heterocycles. The van der Waals surface area contributed by atoms with Gasteiger partial charge in [0.15, 0.2) is 0 Å². The van der Waals surface area contributed by atoms with Gasteiger partial charge in [0, 0.05) is 29.7 Å². The van der Waals surface area contributed by atoms with E-state index in [-0.39, 0.29) is 0 Å². The van der Waals surface area contributed by atoms with E-state index in [0.717, 1.165) is 12.8 Å². The fourth-order valence-electron chi connectivity index (χ4n) is 3.46. The van der Waals surface area contributed by atoms with Crippen LogP contribution in [-0.4, -0.2) is 11.8 Å². The molecule has 1 aliphatic rings. The Morgan fingerprint density at radius 1 is 0.818 bits per heavy atom. The summed E-state index contributed by atoms with van der Waals surface area (Å²) in [5, 5.41) is 8.78. The minimum absolute atomic E-state index is 0.395. The topological polar surface area (TPSA) is 29.1 Å². The third-order valence-corrected chi connectivity index (χ3v) is 4.66. The van der Waals surface area contributed by atoms with E-state index < -0.39 is 0 Å². The number of anilines is 1. The second-order valence-electron chi connectivity index (χ2n) is 6.15. The molecule has 0 aromatic heterocycles. The van der Waals surface area contributed by atoms with E-state index in [1.54, 1.807) is 0 Å². The molecule has 4 rings (SSSR count). The SMILES string of the molecule is O=C1CCC(Nc2c3ccccc3cc3ccccc23)CC1. The average Bonchev–Trinajstić information content (AvgIpc) is 2.56. The van der Waals surface area contributed by atoms with E-state index in [0.29, 0.717) is 24.7 Å². The monoisotopic (exact) mass is 289 g/mol. The van der Waals surface area contributed by atoms with Crippen molar-refractivity contribution in [2.24, 2.45) is 0 Å². The van der Waals surface area contributed by atoms with Crippen LogP contribution < -0.4 is 5.32 Å². The van der Waals surface area contributed by atoms with E-state index in [1.807, 2.05) is 0 Å². The van der Waals surface area contributed by atoms with Gasteiger partial charge >= 0.3 is 0 Å². The summed E-state index contributed by atoms with van der Waals surface area (Å²) in [5.41, 5.74) is 1.22. The van der Waals surface area contributed by atoms with Crippen LogP contribution in [-0.2, 0) is 4.79 Å². The van der Waals surface area contributed by atoms with E-state index in [1.165, 1.54) is 27.2 Å². The molecule has 22 heavy (non-hydrogen) atoms. The highest BCUT2D eigenvalue weighted by Crippen LogP contribution is 2.34. The van der Waals surface area contributed by atoms with Crippen LogP contribution in [0.5, 0.6) is 0 Å². The van der Waals surface area contributed by atoms with Crippen LogP contribution in [0.15, 0.2) is 54.6 Å². The van der Waals surface area contributed by atoms with Crippen LogP contribution in [0.4, 0.5) is 5.69 Å². The molecule has 1 N–H and O–H groups in total. The van der Waals surface area contributed by atoms with Crippen molar-refractivity contribution >= 4 is 33.0 Å². The first-order chi connectivity index (χ1) is 10.8. The van der Waals surface area contributed by atoms with Crippen molar-refractivity contribution in [3.8, 4) is 0 Å². The predicted octanol–water partition coefficient (Wildman–Crippen LogP) is 4.92. The van der Waals surface area contributed by atoms with Gasteiger partial charge in [0.2, 0.25) is 0 Å². The quantitative estimate of drug-likeness (QED) is 0.679. The maximum atomic E-state index is 11.5. The van der Waals surface area contributed by atoms with Crippen molar-refractivity contribution in [1.29, 1.82) is 0 Å². The molecule has 1 aliphatic carbocycles. The molecular formula is C20H19NO. The Morgan fingerprint density at radius 3 is 1.95 bits per heavy atom. The van der Waals surface area contributed by atoms with Crippen LogP contribution in [0.1, 0.15) is 25.7 Å². The number of carbonyl (C=O) groups is 1. The Bertz CT molecular complexity index is 789. The molecule has 0 unspecified atom stereocenters. The van der Waals surface area contributed by atoms with Crippen LogP contribution in [0, 0.1) is 0 Å². The van der Waals surface area contributed by atoms with Crippen molar-refractivity contribution in [2.75, 3.05) is 5.32 Å². The van der Waals surface area contributed by atoms with Crippen LogP contribution in [0.25, 0.3) is 21.5 Å². The summed E-state index contributed by atoms with van der Waals surface area (Å²) < 4.78 is 0. The normalized spacial score (nSPS) is 16.3. The first-order valence-electron chi connectivity index (χ1n) is 8.00. The minimum Gasteiger partial charge on any atom is -0.381 e. The molecule has 2 heteroatoms. The number of fused-ring (bicyclic) bond motifs is 2. The molecule has 1 fully saturated rings. The molecule has 0 amide bonds. The Kier molecular flexibility index (Phi) is 3.30. The van der Waals surface area contributed by atoms with Crippen molar-refractivity contribution in [3.05, 3.63) is 54.6 Å². The molecular weight excluding hydrogens is 270 g/mol. The highest BCUT2D eigenvalue weighted by Gasteiger charge is 2.19. The number of nitrogens with one attached hydrogen (secondary N) is 1. The minimum atomic E-state index is 0.395. The highest BCUT2D eigenvalue weighted by atomic mass is 16.1. The summed E-state index contributed by atoms with van der Waals surface area (Å²) in [6.07, 6.45) is 3.30. The molecule has 3 aromatic carbocycles. The van der Waals surface area contributed by atoms with Gasteiger partial charge in [-0.1, -0.05) is 48.5 Å². The van der Waals surface area contributed by atoms with Gasteiger partial charge in [-0.3, -0.25) is 4.79 Å². The maximum absolute atomic E-state index is 11.5. The molecule has 0 saturated heterocycles. The van der Waals surface area contributed by atoms with E-state index in [4.69, 9.17) is 0 Å². The smallest absolute Gasteiger partial charge is 0.133 e. The zero-order valence-corrected chi connectivity index (χ0v) is 12.5. The molecule has 0 radical (unpaired) electrons. The lowest BCUT2D eigenvalue weighted by Gasteiger charge is -2.25. The van der Waals surface area contributed by atoms with Gasteiger partial charge < -0.3 is 5.32 Å². The Labute approximate surface area is 130 Å². The summed E-state index contributed by atoms with van der Waals surface area (Å²) in [6.45, 7) is 0. The summed E-state index contributed by atoms with van der Waals surface area (Å²) in [7, 11) is 0. The second-order valence-corrected chi connectivity index (χ2v) is 6.15. The van der Waals surface area contributed by atoms with Crippen LogP contribution in [0.3, 0.4) is 0 Å². The molecule has 110 valence electrons. The second kappa shape index (κ2) is 5.45. The van der Waals surface area contributed by atoms with Crippen LogP contribution in [0.2, 0.25) is 0 Å². The zero-order chi connectivity index (χ0) is 14.9. The number of carbonyl (C=O) groups excluding carboxylic acids is 1. The number of ketones is 1. The van der Waals surface area contributed by atoms with Gasteiger partial charge in [0.25, 0.3) is 0 Å². The zero-order valence-electron chi connectivity index (χ0n) is 12.5. The fourth-order valence-corrected chi connectivity index (χ4v) is 3.46. The van der Waals surface area contributed by atoms with Crippen molar-refractivity contribution in [2.45, 2.75) is 31.7 Å². The van der Waals surface area contributed by atoms with Crippen molar-refractivity contribution in [1.82, 2.24) is 0 Å². The van der Waals surface area contributed by atoms with Gasteiger partial charge in [0.05, 0.1) is 5.69 Å². The number of rotatable bonds is 2. The van der Waals surface area contributed by atoms with Gasteiger partial charge in [-0.15, -0.1) is 0 Å². The van der Waals surface area contributed by atoms with Gasteiger partial charge in [-0.05, 0) is 29.7 Å². The number of Topliss-reactive ketones (excluding diaryl/α,β-unsaturated/α-hetero) is 1. The number of hydrogen-bond acceptors (Lipinski definition) is 2. The molecule has 0 spiro atoms. The lowest BCUT2D eigenvalue weighted by Crippen LogP contribution is -2.26. The van der Waals surface area contributed by atoms with Gasteiger partial charge in [-0.2, -0.15) is 0 Å². The maximum Gasteiger partial charge on any atom is 0.133 e. The summed E-state index contributed by atoms with van der Waals surface area (Å²) in [4.78, 5) is 11.5. The summed E-state index contributed by atoms with van der Waals surface area (Å²) >= 11 is 0. The third kappa shape index (κ3) is 2.35. The van der Waals surface area contributed by atoms with Crippen molar-refractivity contribution < 1.29 is 4.79 Å². The van der Waals surface area contributed by atoms with Gasteiger partial charge in [0.1, 0.15) is 5.78 Å². The largest absolute Gasteiger partial charge is 0.381 e. The molecule has 0 atom stereocenters. The van der Waals surface area contributed by atoms with E-state index in [2.05, 4.69) is 59.9 Å². The molecule has 1 saturated carbocycles. The van der Waals surface area contributed by atoms with Crippen molar-refractivity contribution in [3.63, 3.8) is 0 Å².